The largest absolute Gasteiger partial charge is 0.481 e. The Morgan fingerprint density at radius 1 is 1.00 bits per heavy atom. The van der Waals surface area contributed by atoms with Crippen LogP contribution in [0.2, 0.25) is 0 Å². The highest BCUT2D eigenvalue weighted by atomic mass is 16.5. The monoisotopic (exact) mass is 352 g/mol. The number of hydrogen-bond donors (Lipinski definition) is 2. The number of amides is 1. The van der Waals surface area contributed by atoms with Crippen LogP contribution < -0.4 is 5.73 Å². The van der Waals surface area contributed by atoms with Crippen molar-refractivity contribution in [3.05, 3.63) is 78.1 Å². The molecule has 3 aromatic rings. The third-order valence-corrected chi connectivity index (χ3v) is 3.56. The van der Waals surface area contributed by atoms with Crippen molar-refractivity contribution >= 4 is 22.8 Å². The molecule has 26 heavy (non-hydrogen) atoms. The van der Waals surface area contributed by atoms with Gasteiger partial charge in [-0.3, -0.25) is 9.78 Å². The number of ether oxygens (including phenoxy) is 1. The molecule has 0 aliphatic carbocycles. The van der Waals surface area contributed by atoms with Gasteiger partial charge in [-0.15, -0.1) is 0 Å². The van der Waals surface area contributed by atoms with Crippen LogP contribution in [0.5, 0.6) is 0 Å². The van der Waals surface area contributed by atoms with Crippen LogP contribution in [-0.4, -0.2) is 22.2 Å². The van der Waals surface area contributed by atoms with Gasteiger partial charge in [0.2, 0.25) is 0 Å². The second-order valence-corrected chi connectivity index (χ2v) is 5.54. The molecule has 3 N–H and O–H groups in total. The fourth-order valence-electron chi connectivity index (χ4n) is 2.27. The quantitative estimate of drug-likeness (QED) is 0.731. The van der Waals surface area contributed by atoms with Crippen molar-refractivity contribution in [2.45, 2.75) is 19.4 Å². The number of aliphatic carboxylic acids is 1. The molecule has 1 amide bonds. The van der Waals surface area contributed by atoms with E-state index in [0.29, 0.717) is 6.42 Å². The van der Waals surface area contributed by atoms with Gasteiger partial charge < -0.3 is 15.6 Å². The number of nitrogens with zero attached hydrogens (tertiary/aromatic N) is 1. The summed E-state index contributed by atoms with van der Waals surface area (Å²) < 4.78 is 4.57. The SMILES string of the molecule is NC(=O)OCc1ccccc1.O=C(O)CCc1ccc2cnccc2c1. The number of rotatable bonds is 5. The van der Waals surface area contributed by atoms with E-state index in [1.54, 1.807) is 12.4 Å². The molecule has 0 spiro atoms. The smallest absolute Gasteiger partial charge is 0.404 e. The van der Waals surface area contributed by atoms with Gasteiger partial charge in [-0.2, -0.15) is 0 Å². The van der Waals surface area contributed by atoms with E-state index in [4.69, 9.17) is 10.8 Å². The molecule has 0 atom stereocenters. The van der Waals surface area contributed by atoms with Crippen LogP contribution in [0.1, 0.15) is 17.5 Å². The number of fused-ring (bicyclic) bond motifs is 1. The highest BCUT2D eigenvalue weighted by Crippen LogP contribution is 2.15. The molecule has 0 saturated heterocycles. The maximum absolute atomic E-state index is 10.4. The molecule has 0 aliphatic heterocycles. The van der Waals surface area contributed by atoms with Crippen LogP contribution in [0.15, 0.2) is 67.0 Å². The molecular weight excluding hydrogens is 332 g/mol. The standard InChI is InChI=1S/C12H11NO2.C8H9NO2/c14-12(15)4-2-9-1-3-11-8-13-6-5-10(11)7-9;9-8(10)11-6-7-4-2-1-3-5-7/h1,3,5-8H,2,4H2,(H,14,15);1-5H,6H2,(H2,9,10). The van der Waals surface area contributed by atoms with Crippen molar-refractivity contribution in [3.8, 4) is 0 Å². The van der Waals surface area contributed by atoms with Crippen molar-refractivity contribution in [3.63, 3.8) is 0 Å². The molecule has 6 nitrogen and oxygen atoms in total. The van der Waals surface area contributed by atoms with E-state index in [0.717, 1.165) is 21.9 Å². The first-order chi connectivity index (χ1) is 12.5. The molecule has 2 aromatic carbocycles. The summed E-state index contributed by atoms with van der Waals surface area (Å²) in [6, 6.07) is 17.2. The van der Waals surface area contributed by atoms with E-state index in [1.165, 1.54) is 0 Å². The van der Waals surface area contributed by atoms with Gasteiger partial charge in [0.15, 0.2) is 0 Å². The molecule has 0 radical (unpaired) electrons. The minimum Gasteiger partial charge on any atom is -0.481 e. The highest BCUT2D eigenvalue weighted by Gasteiger charge is 2.00. The fraction of sp³-hybridized carbons (Fsp3) is 0.150. The number of aromatic nitrogens is 1. The molecular formula is C20H20N2O4. The zero-order valence-electron chi connectivity index (χ0n) is 14.2. The topological polar surface area (TPSA) is 103 Å². The first kappa shape index (κ1) is 18.9. The Labute approximate surface area is 151 Å². The number of pyridine rings is 1. The number of carbonyl (C=O) groups excluding carboxylic acids is 1. The zero-order chi connectivity index (χ0) is 18.8. The second kappa shape index (κ2) is 9.78. The van der Waals surface area contributed by atoms with Gasteiger partial charge >= 0.3 is 12.1 Å². The van der Waals surface area contributed by atoms with E-state index >= 15 is 0 Å². The normalized spacial score (nSPS) is 9.85. The Hall–Kier alpha value is -3.41. The number of primary amides is 1. The third kappa shape index (κ3) is 6.60. The number of nitrogens with two attached hydrogens (primary N) is 1. The molecule has 0 aliphatic rings. The van der Waals surface area contributed by atoms with Crippen molar-refractivity contribution < 1.29 is 19.4 Å². The lowest BCUT2D eigenvalue weighted by molar-refractivity contribution is -0.136. The van der Waals surface area contributed by atoms with Gasteiger partial charge in [0.25, 0.3) is 0 Å². The van der Waals surface area contributed by atoms with Gasteiger partial charge in [-0.25, -0.2) is 4.79 Å². The lowest BCUT2D eigenvalue weighted by Crippen LogP contribution is -2.12. The van der Waals surface area contributed by atoms with Crippen molar-refractivity contribution in [2.24, 2.45) is 5.73 Å². The predicted octanol–water partition coefficient (Wildman–Crippen LogP) is 3.53. The second-order valence-electron chi connectivity index (χ2n) is 5.54. The van der Waals surface area contributed by atoms with E-state index in [9.17, 15) is 9.59 Å². The Morgan fingerprint density at radius 2 is 1.77 bits per heavy atom. The van der Waals surface area contributed by atoms with Crippen LogP contribution in [0.25, 0.3) is 10.8 Å². The summed E-state index contributed by atoms with van der Waals surface area (Å²) in [5, 5.41) is 10.8. The average molecular weight is 352 g/mol. The van der Waals surface area contributed by atoms with Crippen molar-refractivity contribution in [1.29, 1.82) is 0 Å². The maximum atomic E-state index is 10.4. The molecule has 6 heteroatoms. The molecule has 0 saturated carbocycles. The Balaban J connectivity index is 0.000000197. The summed E-state index contributed by atoms with van der Waals surface area (Å²) >= 11 is 0. The lowest BCUT2D eigenvalue weighted by Gasteiger charge is -2.01. The summed E-state index contributed by atoms with van der Waals surface area (Å²) in [4.78, 5) is 24.6. The Bertz CT molecular complexity index is 866. The molecule has 0 bridgehead atoms. The number of aryl methyl sites for hydroxylation is 1. The lowest BCUT2D eigenvalue weighted by atomic mass is 10.1. The van der Waals surface area contributed by atoms with Crippen LogP contribution in [0, 0.1) is 0 Å². The van der Waals surface area contributed by atoms with E-state index < -0.39 is 12.1 Å². The van der Waals surface area contributed by atoms with Gasteiger partial charge in [0, 0.05) is 24.2 Å². The third-order valence-electron chi connectivity index (χ3n) is 3.56. The predicted molar refractivity (Wildman–Crippen MR) is 98.5 cm³/mol. The van der Waals surface area contributed by atoms with Gasteiger partial charge in [0.1, 0.15) is 6.61 Å². The van der Waals surface area contributed by atoms with Crippen molar-refractivity contribution in [1.82, 2.24) is 4.98 Å². The summed E-state index contributed by atoms with van der Waals surface area (Å²) in [6.07, 6.45) is 3.55. The number of carbonyl (C=O) groups is 2. The summed E-state index contributed by atoms with van der Waals surface area (Å²) in [5.74, 6) is -0.759. The van der Waals surface area contributed by atoms with Crippen molar-refractivity contribution in [2.75, 3.05) is 0 Å². The first-order valence-electron chi connectivity index (χ1n) is 8.05. The minimum absolute atomic E-state index is 0.177. The van der Waals surface area contributed by atoms with Crippen LogP contribution in [-0.2, 0) is 22.6 Å². The zero-order valence-corrected chi connectivity index (χ0v) is 14.2. The Kier molecular flexibility index (Phi) is 7.12. The molecule has 1 aromatic heterocycles. The highest BCUT2D eigenvalue weighted by molar-refractivity contribution is 5.82. The van der Waals surface area contributed by atoms with Gasteiger partial charge in [-0.05, 0) is 29.0 Å². The first-order valence-corrected chi connectivity index (χ1v) is 8.05. The molecule has 1 heterocycles. The fourth-order valence-corrected chi connectivity index (χ4v) is 2.27. The average Bonchev–Trinajstić information content (AvgIpc) is 2.66. The summed E-state index contributed by atoms with van der Waals surface area (Å²) in [5.41, 5.74) is 6.77. The van der Waals surface area contributed by atoms with Gasteiger partial charge in [-0.1, -0.05) is 48.5 Å². The number of hydrogen-bond acceptors (Lipinski definition) is 4. The van der Waals surface area contributed by atoms with Gasteiger partial charge in [0.05, 0.1) is 0 Å². The molecule has 0 unspecified atom stereocenters. The molecule has 134 valence electrons. The summed E-state index contributed by atoms with van der Waals surface area (Å²) in [6.45, 7) is 0.246. The summed E-state index contributed by atoms with van der Waals surface area (Å²) in [7, 11) is 0. The van der Waals surface area contributed by atoms with Crippen LogP contribution in [0.4, 0.5) is 4.79 Å². The van der Waals surface area contributed by atoms with Crippen LogP contribution in [0.3, 0.4) is 0 Å². The Morgan fingerprint density at radius 3 is 2.46 bits per heavy atom. The molecule has 3 rings (SSSR count). The number of carboxylic acids is 1. The maximum Gasteiger partial charge on any atom is 0.404 e. The van der Waals surface area contributed by atoms with E-state index in [-0.39, 0.29) is 13.0 Å². The van der Waals surface area contributed by atoms with E-state index in [2.05, 4.69) is 9.72 Å². The van der Waals surface area contributed by atoms with E-state index in [1.807, 2.05) is 54.6 Å². The number of carboxylic acid groups (broad SMARTS) is 1. The molecule has 0 fully saturated rings. The minimum atomic E-state index is -0.759. The van der Waals surface area contributed by atoms with Crippen LogP contribution >= 0.6 is 0 Å². The number of benzene rings is 2.